The van der Waals surface area contributed by atoms with Crippen LogP contribution in [0.3, 0.4) is 0 Å². The van der Waals surface area contributed by atoms with Gasteiger partial charge >= 0.3 is 0 Å². The minimum absolute atomic E-state index is 0.0861. The van der Waals surface area contributed by atoms with Gasteiger partial charge in [0.25, 0.3) is 0 Å². The molecule has 0 spiro atoms. The Balaban J connectivity index is 1.36. The second-order valence-corrected chi connectivity index (χ2v) is 8.65. The Hall–Kier alpha value is -3.18. The first kappa shape index (κ1) is 22.0. The number of hydrogen-bond donors (Lipinski definition) is 0. The minimum Gasteiger partial charge on any atom is -0.369 e. The fraction of sp³-hybridized carbons (Fsp3) is 0.333. The van der Waals surface area contributed by atoms with Crippen LogP contribution in [-0.2, 0) is 6.54 Å². The molecule has 5 nitrogen and oxygen atoms in total. The zero-order valence-corrected chi connectivity index (χ0v) is 19.2. The Bertz CT molecular complexity index is 1090. The number of nitrogens with zero attached hydrogens (tertiary/aromatic N) is 3. The molecule has 0 bridgehead atoms. The molecule has 0 atom stereocenters. The highest BCUT2D eigenvalue weighted by Gasteiger charge is 2.22. The second-order valence-electron chi connectivity index (χ2n) is 8.65. The monoisotopic (exact) mass is 429 g/mol. The largest absolute Gasteiger partial charge is 0.369 e. The van der Waals surface area contributed by atoms with Crippen molar-refractivity contribution in [3.63, 3.8) is 0 Å². The number of Topliss-reactive ketones (excluding diaryl/α,β-unsaturated/α-hetero) is 2. The third kappa shape index (κ3) is 4.83. The zero-order chi connectivity index (χ0) is 22.7. The van der Waals surface area contributed by atoms with Gasteiger partial charge in [-0.3, -0.25) is 14.5 Å². The lowest BCUT2D eigenvalue weighted by Crippen LogP contribution is -2.48. The molecule has 0 radical (unpaired) electrons. The smallest absolute Gasteiger partial charge is 0.178 e. The average Bonchev–Trinajstić information content (AvgIpc) is 3.09. The summed E-state index contributed by atoms with van der Waals surface area (Å²) in [5.74, 6) is 0.277. The molecule has 0 unspecified atom stereocenters. The third-order valence-corrected chi connectivity index (χ3v) is 6.44. The van der Waals surface area contributed by atoms with E-state index in [0.717, 1.165) is 60.9 Å². The predicted octanol–water partition coefficient (Wildman–Crippen LogP) is 4.36. The van der Waals surface area contributed by atoms with Gasteiger partial charge in [0.05, 0.1) is 6.54 Å². The SMILES string of the molecule is CC(=O)c1ccc(N2CCN(CC(=O)c3cc(C)n(Cc4ccccc4)c3C)CC2)cc1. The van der Waals surface area contributed by atoms with E-state index in [0.29, 0.717) is 6.54 Å². The van der Waals surface area contributed by atoms with Crippen LogP contribution in [0, 0.1) is 13.8 Å². The van der Waals surface area contributed by atoms with Gasteiger partial charge in [-0.05, 0) is 56.7 Å². The van der Waals surface area contributed by atoms with E-state index < -0.39 is 0 Å². The summed E-state index contributed by atoms with van der Waals surface area (Å²) in [6.45, 7) is 10.4. The number of piperazine rings is 1. The average molecular weight is 430 g/mol. The molecule has 1 aliphatic heterocycles. The summed E-state index contributed by atoms with van der Waals surface area (Å²) in [7, 11) is 0. The van der Waals surface area contributed by atoms with E-state index in [2.05, 4.69) is 33.4 Å². The molecule has 5 heteroatoms. The molecule has 0 amide bonds. The molecule has 0 saturated carbocycles. The van der Waals surface area contributed by atoms with Crippen molar-refractivity contribution in [3.05, 3.63) is 88.7 Å². The van der Waals surface area contributed by atoms with Crippen LogP contribution >= 0.6 is 0 Å². The molecule has 166 valence electrons. The van der Waals surface area contributed by atoms with Crippen molar-refractivity contribution in [1.82, 2.24) is 9.47 Å². The quantitative estimate of drug-likeness (QED) is 0.524. The molecule has 1 aromatic heterocycles. The number of aromatic nitrogens is 1. The molecule has 32 heavy (non-hydrogen) atoms. The standard InChI is InChI=1S/C27H31N3O2/c1-20-17-26(21(2)30(20)18-23-7-5-4-6-8-23)27(32)19-28-13-15-29(16-14-28)25-11-9-24(10-12-25)22(3)31/h4-12,17H,13-16,18-19H2,1-3H3. The van der Waals surface area contributed by atoms with E-state index >= 15 is 0 Å². The number of carbonyl (C=O) groups excluding carboxylic acids is 2. The Kier molecular flexibility index (Phi) is 6.56. The number of aryl methyl sites for hydroxylation is 1. The topological polar surface area (TPSA) is 45.6 Å². The van der Waals surface area contributed by atoms with Crippen LogP contribution in [0.5, 0.6) is 0 Å². The molecule has 1 saturated heterocycles. The highest BCUT2D eigenvalue weighted by Crippen LogP contribution is 2.20. The fourth-order valence-corrected chi connectivity index (χ4v) is 4.45. The Morgan fingerprint density at radius 2 is 1.53 bits per heavy atom. The van der Waals surface area contributed by atoms with Crippen molar-refractivity contribution < 1.29 is 9.59 Å². The lowest BCUT2D eigenvalue weighted by atomic mass is 10.1. The number of rotatable bonds is 7. The Labute approximate surface area is 190 Å². The maximum atomic E-state index is 13.1. The van der Waals surface area contributed by atoms with Crippen LogP contribution in [0.4, 0.5) is 5.69 Å². The van der Waals surface area contributed by atoms with Crippen molar-refractivity contribution in [2.75, 3.05) is 37.6 Å². The number of hydrogen-bond acceptors (Lipinski definition) is 4. The van der Waals surface area contributed by atoms with E-state index in [-0.39, 0.29) is 11.6 Å². The van der Waals surface area contributed by atoms with E-state index in [1.807, 2.05) is 55.5 Å². The Morgan fingerprint density at radius 3 is 2.16 bits per heavy atom. The molecule has 0 N–H and O–H groups in total. The van der Waals surface area contributed by atoms with Gasteiger partial charge in [0.1, 0.15) is 0 Å². The lowest BCUT2D eigenvalue weighted by Gasteiger charge is -2.35. The molecular weight excluding hydrogens is 398 g/mol. The van der Waals surface area contributed by atoms with Crippen molar-refractivity contribution >= 4 is 17.3 Å². The molecule has 1 aliphatic rings. The number of benzene rings is 2. The van der Waals surface area contributed by atoms with Crippen LogP contribution in [0.25, 0.3) is 0 Å². The number of ketones is 2. The van der Waals surface area contributed by atoms with Crippen LogP contribution in [0.15, 0.2) is 60.7 Å². The molecule has 3 aromatic rings. The third-order valence-electron chi connectivity index (χ3n) is 6.44. The first-order chi connectivity index (χ1) is 15.4. The van der Waals surface area contributed by atoms with Crippen LogP contribution in [0.1, 0.15) is 44.6 Å². The summed E-state index contributed by atoms with van der Waals surface area (Å²) in [5.41, 5.74) is 6.10. The van der Waals surface area contributed by atoms with Crippen molar-refractivity contribution in [2.24, 2.45) is 0 Å². The molecule has 2 aromatic carbocycles. The molecule has 0 aliphatic carbocycles. The van der Waals surface area contributed by atoms with Crippen LogP contribution in [0.2, 0.25) is 0 Å². The first-order valence-corrected chi connectivity index (χ1v) is 11.2. The van der Waals surface area contributed by atoms with E-state index in [1.54, 1.807) is 6.92 Å². The van der Waals surface area contributed by atoms with Crippen molar-refractivity contribution in [3.8, 4) is 0 Å². The molecule has 4 rings (SSSR count). The summed E-state index contributed by atoms with van der Waals surface area (Å²) < 4.78 is 2.23. The second kappa shape index (κ2) is 9.53. The van der Waals surface area contributed by atoms with Crippen molar-refractivity contribution in [2.45, 2.75) is 27.3 Å². The van der Waals surface area contributed by atoms with Gasteiger partial charge in [0.15, 0.2) is 11.6 Å². The summed E-state index contributed by atoms with van der Waals surface area (Å²) in [5, 5.41) is 0. The fourth-order valence-electron chi connectivity index (χ4n) is 4.45. The normalized spacial score (nSPS) is 14.5. The highest BCUT2D eigenvalue weighted by molar-refractivity contribution is 5.99. The number of anilines is 1. The zero-order valence-electron chi connectivity index (χ0n) is 19.2. The molecular formula is C27H31N3O2. The molecule has 2 heterocycles. The van der Waals surface area contributed by atoms with Gasteiger partial charge in [0, 0.05) is 60.9 Å². The van der Waals surface area contributed by atoms with Gasteiger partial charge in [-0.1, -0.05) is 30.3 Å². The van der Waals surface area contributed by atoms with Gasteiger partial charge in [-0.25, -0.2) is 0 Å². The van der Waals surface area contributed by atoms with Gasteiger partial charge in [0.2, 0.25) is 0 Å². The van der Waals surface area contributed by atoms with Gasteiger partial charge < -0.3 is 9.47 Å². The minimum atomic E-state index is 0.0861. The van der Waals surface area contributed by atoms with E-state index in [4.69, 9.17) is 0 Å². The maximum absolute atomic E-state index is 13.1. The van der Waals surface area contributed by atoms with Crippen molar-refractivity contribution in [1.29, 1.82) is 0 Å². The highest BCUT2D eigenvalue weighted by atomic mass is 16.1. The van der Waals surface area contributed by atoms with Crippen LogP contribution < -0.4 is 4.90 Å². The summed E-state index contributed by atoms with van der Waals surface area (Å²) in [6, 6.07) is 20.2. The van der Waals surface area contributed by atoms with Crippen LogP contribution in [-0.4, -0.2) is 53.8 Å². The predicted molar refractivity (Wildman–Crippen MR) is 129 cm³/mol. The molecule has 1 fully saturated rings. The summed E-state index contributed by atoms with van der Waals surface area (Å²) in [6.07, 6.45) is 0. The number of carbonyl (C=O) groups is 2. The lowest BCUT2D eigenvalue weighted by molar-refractivity contribution is 0.0925. The maximum Gasteiger partial charge on any atom is 0.178 e. The van der Waals surface area contributed by atoms with E-state index in [1.165, 1.54) is 5.56 Å². The first-order valence-electron chi connectivity index (χ1n) is 11.2. The van der Waals surface area contributed by atoms with Gasteiger partial charge in [-0.2, -0.15) is 0 Å². The summed E-state index contributed by atoms with van der Waals surface area (Å²) in [4.78, 5) is 29.1. The summed E-state index contributed by atoms with van der Waals surface area (Å²) >= 11 is 0. The van der Waals surface area contributed by atoms with E-state index in [9.17, 15) is 9.59 Å². The Morgan fingerprint density at radius 1 is 0.875 bits per heavy atom. The van der Waals surface area contributed by atoms with Gasteiger partial charge in [-0.15, -0.1) is 0 Å².